The molecule has 29 heavy (non-hydrogen) atoms. The zero-order valence-corrected chi connectivity index (χ0v) is 17.3. The third kappa shape index (κ3) is 4.59. The highest BCUT2D eigenvalue weighted by atomic mass is 35.5. The number of carbonyl (C=O) groups is 1. The maximum Gasteiger partial charge on any atom is 0.283 e. The minimum Gasteiger partial charge on any atom is -0.457 e. The Balaban J connectivity index is 1.52. The van der Waals surface area contributed by atoms with Crippen molar-refractivity contribution in [3.8, 4) is 11.5 Å². The van der Waals surface area contributed by atoms with Gasteiger partial charge in [0.15, 0.2) is 0 Å². The van der Waals surface area contributed by atoms with Crippen molar-refractivity contribution in [2.45, 2.75) is 0 Å². The number of para-hydroxylation sites is 1. The maximum absolute atomic E-state index is 12.5. The molecule has 4 rings (SSSR count). The monoisotopic (exact) mass is 440 g/mol. The number of nitrogens with zero attached hydrogens (tertiary/aromatic N) is 1. The van der Waals surface area contributed by atoms with E-state index in [9.17, 15) is 4.79 Å². The van der Waals surface area contributed by atoms with E-state index in [-0.39, 0.29) is 5.91 Å². The van der Waals surface area contributed by atoms with E-state index >= 15 is 0 Å². The zero-order chi connectivity index (χ0) is 20.2. The summed E-state index contributed by atoms with van der Waals surface area (Å²) in [7, 11) is 0. The van der Waals surface area contributed by atoms with Gasteiger partial charge >= 0.3 is 0 Å². The van der Waals surface area contributed by atoms with Crippen molar-refractivity contribution in [3.05, 3.63) is 93.3 Å². The van der Waals surface area contributed by atoms with Crippen LogP contribution >= 0.6 is 34.5 Å². The number of carbonyl (C=O) groups excluding carboxylic acids is 1. The summed E-state index contributed by atoms with van der Waals surface area (Å²) in [5.74, 6) is 1.01. The molecule has 4 aromatic rings. The third-order valence-electron chi connectivity index (χ3n) is 4.03. The summed E-state index contributed by atoms with van der Waals surface area (Å²) in [5, 5.41) is 5.76. The number of thiophene rings is 1. The van der Waals surface area contributed by atoms with E-state index in [0.29, 0.717) is 20.7 Å². The Morgan fingerprint density at radius 2 is 1.72 bits per heavy atom. The normalized spacial score (nSPS) is 11.1. The molecule has 4 nitrogen and oxygen atoms in total. The molecule has 0 spiro atoms. The fourth-order valence-corrected chi connectivity index (χ4v) is 4.15. The van der Waals surface area contributed by atoms with Gasteiger partial charge in [-0.1, -0.05) is 53.5 Å². The van der Waals surface area contributed by atoms with E-state index in [1.54, 1.807) is 30.5 Å². The van der Waals surface area contributed by atoms with Crippen LogP contribution in [0.5, 0.6) is 11.5 Å². The van der Waals surface area contributed by atoms with Crippen LogP contribution in [0.25, 0.3) is 10.1 Å². The summed E-state index contributed by atoms with van der Waals surface area (Å²) in [6.45, 7) is 0. The number of nitrogens with one attached hydrogen (secondary N) is 1. The lowest BCUT2D eigenvalue weighted by Gasteiger charge is -2.05. The van der Waals surface area contributed by atoms with Crippen LogP contribution in [0.3, 0.4) is 0 Å². The molecule has 0 radical (unpaired) electrons. The molecule has 1 N–H and O–H groups in total. The van der Waals surface area contributed by atoms with E-state index in [4.69, 9.17) is 27.9 Å². The molecule has 1 aromatic heterocycles. The standard InChI is InChI=1S/C22H14Cl2N2O2S/c23-15-8-6-14(7-9-15)13-25-26-22(27)21-20(24)18-12-17(10-11-19(18)29-21)28-16-4-2-1-3-5-16/h1-13H,(H,26,27)/b25-13+. The number of ether oxygens (including phenoxy) is 1. The number of hydrogen-bond acceptors (Lipinski definition) is 4. The molecule has 7 heteroatoms. The molecular weight excluding hydrogens is 427 g/mol. The van der Waals surface area contributed by atoms with Crippen LogP contribution in [0.4, 0.5) is 0 Å². The Bertz CT molecular complexity index is 1190. The average molecular weight is 441 g/mol. The second-order valence-corrected chi connectivity index (χ2v) is 7.94. The van der Waals surface area contributed by atoms with Gasteiger partial charge < -0.3 is 4.74 Å². The Morgan fingerprint density at radius 1 is 0.966 bits per heavy atom. The molecule has 1 amide bonds. The zero-order valence-electron chi connectivity index (χ0n) is 14.9. The topological polar surface area (TPSA) is 50.7 Å². The van der Waals surface area contributed by atoms with Crippen LogP contribution in [0.1, 0.15) is 15.2 Å². The number of rotatable bonds is 5. The number of benzene rings is 3. The quantitative estimate of drug-likeness (QED) is 0.275. The van der Waals surface area contributed by atoms with Crippen molar-refractivity contribution < 1.29 is 9.53 Å². The second-order valence-electron chi connectivity index (χ2n) is 6.07. The van der Waals surface area contributed by atoms with Gasteiger partial charge in [0.1, 0.15) is 16.4 Å². The summed E-state index contributed by atoms with van der Waals surface area (Å²) < 4.78 is 6.74. The summed E-state index contributed by atoms with van der Waals surface area (Å²) in [6, 6.07) is 22.1. The minimum atomic E-state index is -0.369. The molecule has 144 valence electrons. The molecular formula is C22H14Cl2N2O2S. The highest BCUT2D eigenvalue weighted by molar-refractivity contribution is 7.21. The van der Waals surface area contributed by atoms with Crippen LogP contribution in [-0.4, -0.2) is 12.1 Å². The van der Waals surface area contributed by atoms with Gasteiger partial charge in [0, 0.05) is 15.1 Å². The van der Waals surface area contributed by atoms with Gasteiger partial charge in [-0.3, -0.25) is 4.79 Å². The van der Waals surface area contributed by atoms with E-state index in [1.807, 2.05) is 48.5 Å². The average Bonchev–Trinajstić information content (AvgIpc) is 3.06. The van der Waals surface area contributed by atoms with Gasteiger partial charge in [-0.15, -0.1) is 11.3 Å². The van der Waals surface area contributed by atoms with Gasteiger partial charge in [-0.2, -0.15) is 5.10 Å². The number of hydrogen-bond donors (Lipinski definition) is 1. The summed E-state index contributed by atoms with van der Waals surface area (Å²) in [5.41, 5.74) is 3.33. The van der Waals surface area contributed by atoms with E-state index < -0.39 is 0 Å². The Labute approximate surface area is 181 Å². The van der Waals surface area contributed by atoms with E-state index in [2.05, 4.69) is 10.5 Å². The SMILES string of the molecule is O=C(N/N=C/c1ccc(Cl)cc1)c1sc2ccc(Oc3ccccc3)cc2c1Cl. The van der Waals surface area contributed by atoms with Crippen molar-refractivity contribution in [1.29, 1.82) is 0 Å². The van der Waals surface area contributed by atoms with Crippen LogP contribution in [-0.2, 0) is 0 Å². The van der Waals surface area contributed by atoms with Crippen molar-refractivity contribution in [1.82, 2.24) is 5.43 Å². The Morgan fingerprint density at radius 3 is 2.48 bits per heavy atom. The van der Waals surface area contributed by atoms with Crippen LogP contribution in [0.2, 0.25) is 10.0 Å². The van der Waals surface area contributed by atoms with Gasteiger partial charge in [-0.05, 0) is 48.0 Å². The van der Waals surface area contributed by atoms with Crippen molar-refractivity contribution >= 4 is 56.7 Å². The highest BCUT2D eigenvalue weighted by Crippen LogP contribution is 2.38. The van der Waals surface area contributed by atoms with Crippen molar-refractivity contribution in [2.24, 2.45) is 5.10 Å². The molecule has 0 bridgehead atoms. The molecule has 0 fully saturated rings. The first-order valence-corrected chi connectivity index (χ1v) is 10.2. The van der Waals surface area contributed by atoms with E-state index in [1.165, 1.54) is 11.3 Å². The van der Waals surface area contributed by atoms with Crippen LogP contribution in [0.15, 0.2) is 77.9 Å². The van der Waals surface area contributed by atoms with Gasteiger partial charge in [-0.25, -0.2) is 5.43 Å². The number of hydrazone groups is 1. The summed E-state index contributed by atoms with van der Waals surface area (Å²) >= 11 is 13.6. The molecule has 0 saturated carbocycles. The largest absolute Gasteiger partial charge is 0.457 e. The van der Waals surface area contributed by atoms with Crippen molar-refractivity contribution in [2.75, 3.05) is 0 Å². The molecule has 0 aliphatic heterocycles. The smallest absolute Gasteiger partial charge is 0.283 e. The predicted octanol–water partition coefficient (Wildman–Crippen LogP) is 6.76. The highest BCUT2D eigenvalue weighted by Gasteiger charge is 2.17. The molecule has 0 aliphatic carbocycles. The molecule has 1 heterocycles. The lowest BCUT2D eigenvalue weighted by molar-refractivity contribution is 0.0959. The fourth-order valence-electron chi connectivity index (χ4n) is 2.65. The molecule has 3 aromatic carbocycles. The first kappa shape index (κ1) is 19.5. The van der Waals surface area contributed by atoms with Crippen LogP contribution < -0.4 is 10.2 Å². The first-order valence-electron chi connectivity index (χ1n) is 8.64. The van der Waals surface area contributed by atoms with Gasteiger partial charge in [0.25, 0.3) is 5.91 Å². The fraction of sp³-hybridized carbons (Fsp3) is 0. The summed E-state index contributed by atoms with van der Waals surface area (Å²) in [6.07, 6.45) is 1.54. The molecule has 0 unspecified atom stereocenters. The Hall–Kier alpha value is -2.86. The molecule has 0 saturated heterocycles. The number of amides is 1. The minimum absolute atomic E-state index is 0.369. The van der Waals surface area contributed by atoms with Crippen LogP contribution in [0, 0.1) is 0 Å². The predicted molar refractivity (Wildman–Crippen MR) is 120 cm³/mol. The maximum atomic E-state index is 12.5. The lowest BCUT2D eigenvalue weighted by atomic mass is 10.2. The van der Waals surface area contributed by atoms with Crippen molar-refractivity contribution in [3.63, 3.8) is 0 Å². The lowest BCUT2D eigenvalue weighted by Crippen LogP contribution is -2.16. The first-order chi connectivity index (χ1) is 14.1. The molecule has 0 aliphatic rings. The van der Waals surface area contributed by atoms with Gasteiger partial charge in [0.05, 0.1) is 11.2 Å². The third-order valence-corrected chi connectivity index (χ3v) is 5.96. The Kier molecular flexibility index (Phi) is 5.81. The van der Waals surface area contributed by atoms with E-state index in [0.717, 1.165) is 21.4 Å². The second kappa shape index (κ2) is 8.66. The number of fused-ring (bicyclic) bond motifs is 1. The number of halogens is 2. The van der Waals surface area contributed by atoms with Gasteiger partial charge in [0.2, 0.25) is 0 Å². The summed E-state index contributed by atoms with van der Waals surface area (Å²) in [4.78, 5) is 12.9. The molecule has 0 atom stereocenters.